The monoisotopic (exact) mass is 433 g/mol. The van der Waals surface area contributed by atoms with Crippen molar-refractivity contribution in [3.8, 4) is 6.07 Å². The molecule has 0 unspecified atom stereocenters. The first-order chi connectivity index (χ1) is 8.60. The molecule has 0 amide bonds. The van der Waals surface area contributed by atoms with Crippen LogP contribution in [0, 0.1) is 15.1 Å². The Labute approximate surface area is 132 Å². The van der Waals surface area contributed by atoms with Crippen LogP contribution in [0.3, 0.4) is 0 Å². The van der Waals surface area contributed by atoms with Crippen molar-refractivity contribution < 1.29 is 4.42 Å². The van der Waals surface area contributed by atoms with Crippen molar-refractivity contribution in [3.63, 3.8) is 0 Å². The van der Waals surface area contributed by atoms with Crippen LogP contribution in [0.5, 0.6) is 0 Å². The highest BCUT2D eigenvalue weighted by Gasteiger charge is 2.07. The molecular formula is C13H6BrClINO. The van der Waals surface area contributed by atoms with Crippen LogP contribution in [0.15, 0.2) is 39.2 Å². The van der Waals surface area contributed by atoms with Gasteiger partial charge in [0.1, 0.15) is 5.76 Å². The van der Waals surface area contributed by atoms with Gasteiger partial charge in [-0.15, -0.1) is 0 Å². The molecule has 0 radical (unpaired) electrons. The highest BCUT2D eigenvalue weighted by Crippen LogP contribution is 2.27. The fourth-order valence-electron chi connectivity index (χ4n) is 1.41. The average Bonchev–Trinajstić information content (AvgIpc) is 2.65. The van der Waals surface area contributed by atoms with E-state index in [4.69, 9.17) is 16.0 Å². The summed E-state index contributed by atoms with van der Waals surface area (Å²) in [6, 6.07) is 11.1. The minimum absolute atomic E-state index is 0.509. The number of nitriles is 1. The summed E-state index contributed by atoms with van der Waals surface area (Å²) < 4.78 is 7.10. The molecule has 0 spiro atoms. The molecule has 0 saturated heterocycles. The maximum atomic E-state index is 9.19. The smallest absolute Gasteiger partial charge is 0.178 e. The zero-order valence-electron chi connectivity index (χ0n) is 8.95. The van der Waals surface area contributed by atoms with Gasteiger partial charge in [-0.3, -0.25) is 0 Å². The Morgan fingerprint density at radius 2 is 2.22 bits per heavy atom. The Morgan fingerprint density at radius 3 is 2.78 bits per heavy atom. The maximum absolute atomic E-state index is 9.19. The maximum Gasteiger partial charge on any atom is 0.178 e. The van der Waals surface area contributed by atoms with Crippen LogP contribution in [-0.2, 0) is 0 Å². The summed E-state index contributed by atoms with van der Waals surface area (Å²) >= 11 is 11.3. The van der Waals surface area contributed by atoms with Crippen molar-refractivity contribution in [2.24, 2.45) is 0 Å². The summed E-state index contributed by atoms with van der Waals surface area (Å²) in [5.74, 6) is 0.628. The van der Waals surface area contributed by atoms with Gasteiger partial charge in [-0.25, -0.2) is 0 Å². The fraction of sp³-hybridized carbons (Fsp3) is 0. The zero-order valence-corrected chi connectivity index (χ0v) is 13.5. The second kappa shape index (κ2) is 5.91. The Bertz CT molecular complexity index is 638. The standard InChI is InChI=1S/C13H6BrClINO/c14-12-6-11(18-13(12)16)5-9(7-17)8-2-1-3-10(15)4-8/h1-6H. The molecule has 1 heterocycles. The van der Waals surface area contributed by atoms with Gasteiger partial charge in [-0.2, -0.15) is 5.26 Å². The van der Waals surface area contributed by atoms with Crippen molar-refractivity contribution >= 4 is 61.8 Å². The lowest BCUT2D eigenvalue weighted by molar-refractivity contribution is 0.527. The zero-order chi connectivity index (χ0) is 13.1. The molecule has 90 valence electrons. The van der Waals surface area contributed by atoms with Crippen molar-refractivity contribution in [3.05, 3.63) is 54.9 Å². The lowest BCUT2D eigenvalue weighted by Gasteiger charge is -1.98. The predicted octanol–water partition coefficient (Wildman–Crippen LogP) is 5.36. The van der Waals surface area contributed by atoms with Crippen LogP contribution >= 0.6 is 50.1 Å². The van der Waals surface area contributed by atoms with E-state index in [2.05, 4.69) is 44.6 Å². The number of halogens is 3. The number of allylic oxidation sites excluding steroid dienone is 1. The van der Waals surface area contributed by atoms with E-state index in [1.165, 1.54) is 0 Å². The van der Waals surface area contributed by atoms with Crippen molar-refractivity contribution in [1.82, 2.24) is 0 Å². The van der Waals surface area contributed by atoms with Gasteiger partial charge >= 0.3 is 0 Å². The molecule has 0 aliphatic heterocycles. The molecule has 0 saturated carbocycles. The van der Waals surface area contributed by atoms with E-state index >= 15 is 0 Å². The second-order valence-electron chi connectivity index (χ2n) is 3.45. The third kappa shape index (κ3) is 3.16. The summed E-state index contributed by atoms with van der Waals surface area (Å²) in [5.41, 5.74) is 1.28. The minimum Gasteiger partial charge on any atom is -0.450 e. The van der Waals surface area contributed by atoms with Crippen LogP contribution < -0.4 is 0 Å². The summed E-state index contributed by atoms with van der Waals surface area (Å²) in [6.07, 6.45) is 1.69. The van der Waals surface area contributed by atoms with E-state index in [0.717, 1.165) is 13.8 Å². The molecule has 0 aliphatic rings. The first-order valence-electron chi connectivity index (χ1n) is 4.92. The largest absolute Gasteiger partial charge is 0.450 e. The second-order valence-corrected chi connectivity index (χ2v) is 5.72. The first kappa shape index (κ1) is 13.7. The van der Waals surface area contributed by atoms with Gasteiger partial charge in [-0.05, 0) is 45.8 Å². The first-order valence-corrected chi connectivity index (χ1v) is 7.17. The Morgan fingerprint density at radius 1 is 1.44 bits per heavy atom. The van der Waals surface area contributed by atoms with Gasteiger partial charge in [0, 0.05) is 27.6 Å². The topological polar surface area (TPSA) is 36.9 Å². The van der Waals surface area contributed by atoms with E-state index < -0.39 is 0 Å². The lowest BCUT2D eigenvalue weighted by Crippen LogP contribution is -1.80. The number of furan rings is 1. The molecule has 0 atom stereocenters. The molecule has 1 aromatic heterocycles. The average molecular weight is 434 g/mol. The van der Waals surface area contributed by atoms with E-state index in [9.17, 15) is 5.26 Å². The van der Waals surface area contributed by atoms with Crippen LogP contribution in [0.4, 0.5) is 0 Å². The van der Waals surface area contributed by atoms with E-state index in [-0.39, 0.29) is 0 Å². The van der Waals surface area contributed by atoms with Gasteiger partial charge in [0.05, 0.1) is 16.1 Å². The molecule has 0 aliphatic carbocycles. The SMILES string of the molecule is N#CC(=Cc1cc(Br)c(I)o1)c1cccc(Cl)c1. The van der Waals surface area contributed by atoms with Crippen LogP contribution in [-0.4, -0.2) is 0 Å². The van der Waals surface area contributed by atoms with Gasteiger partial charge in [0.15, 0.2) is 3.77 Å². The number of hydrogen-bond donors (Lipinski definition) is 0. The summed E-state index contributed by atoms with van der Waals surface area (Å²) in [6.45, 7) is 0. The Hall–Kier alpha value is -0.770. The molecule has 0 bridgehead atoms. The fourth-order valence-corrected chi connectivity index (χ4v) is 2.32. The molecular weight excluding hydrogens is 428 g/mol. The van der Waals surface area contributed by atoms with E-state index in [0.29, 0.717) is 16.4 Å². The molecule has 0 fully saturated rings. The minimum atomic E-state index is 0.509. The quantitative estimate of drug-likeness (QED) is 0.471. The van der Waals surface area contributed by atoms with Crippen LogP contribution in [0.2, 0.25) is 5.02 Å². The molecule has 2 nitrogen and oxygen atoms in total. The van der Waals surface area contributed by atoms with Crippen LogP contribution in [0.25, 0.3) is 11.6 Å². The number of benzene rings is 1. The highest BCUT2D eigenvalue weighted by atomic mass is 127. The Kier molecular flexibility index (Phi) is 4.49. The third-order valence-corrected chi connectivity index (χ3v) is 4.57. The number of rotatable bonds is 2. The van der Waals surface area contributed by atoms with Gasteiger partial charge in [-0.1, -0.05) is 23.7 Å². The molecule has 18 heavy (non-hydrogen) atoms. The van der Waals surface area contributed by atoms with Crippen LogP contribution in [0.1, 0.15) is 11.3 Å². The molecule has 1 aromatic carbocycles. The number of hydrogen-bond acceptors (Lipinski definition) is 2. The molecule has 0 N–H and O–H groups in total. The van der Waals surface area contributed by atoms with E-state index in [1.54, 1.807) is 18.2 Å². The van der Waals surface area contributed by atoms with Gasteiger partial charge in [0.25, 0.3) is 0 Å². The summed E-state index contributed by atoms with van der Waals surface area (Å²) in [7, 11) is 0. The molecule has 2 aromatic rings. The molecule has 5 heteroatoms. The third-order valence-electron chi connectivity index (χ3n) is 2.21. The predicted molar refractivity (Wildman–Crippen MR) is 84.1 cm³/mol. The summed E-state index contributed by atoms with van der Waals surface area (Å²) in [4.78, 5) is 0. The highest BCUT2D eigenvalue weighted by molar-refractivity contribution is 14.1. The van der Waals surface area contributed by atoms with E-state index in [1.807, 2.05) is 18.2 Å². The molecule has 2 rings (SSSR count). The van der Waals surface area contributed by atoms with Gasteiger partial charge in [0.2, 0.25) is 0 Å². The van der Waals surface area contributed by atoms with Gasteiger partial charge < -0.3 is 4.42 Å². The van der Waals surface area contributed by atoms with Crippen molar-refractivity contribution in [2.45, 2.75) is 0 Å². The lowest BCUT2D eigenvalue weighted by atomic mass is 10.1. The normalized spacial score (nSPS) is 11.3. The number of nitrogens with zero attached hydrogens (tertiary/aromatic N) is 1. The summed E-state index contributed by atoms with van der Waals surface area (Å²) in [5, 5.41) is 9.79. The van der Waals surface area contributed by atoms with Crippen molar-refractivity contribution in [1.29, 1.82) is 5.26 Å². The van der Waals surface area contributed by atoms with Crippen molar-refractivity contribution in [2.75, 3.05) is 0 Å². The Balaban J connectivity index is 2.43.